The van der Waals surface area contributed by atoms with Crippen molar-refractivity contribution in [3.63, 3.8) is 0 Å². The van der Waals surface area contributed by atoms with Crippen LogP contribution in [-0.4, -0.2) is 82.7 Å². The molecule has 2 spiro atoms. The number of carbonyl (C=O) groups excluding carboxylic acids is 1. The second-order valence-corrected chi connectivity index (χ2v) is 18.8. The van der Waals surface area contributed by atoms with Gasteiger partial charge in [-0.2, -0.15) is 0 Å². The Labute approximate surface area is 288 Å². The van der Waals surface area contributed by atoms with Crippen LogP contribution >= 0.6 is 0 Å². The number of ketones is 1. The maximum Gasteiger partial charge on any atom is 0.170 e. The number of aliphatic hydroxyl groups excluding tert-OH is 1. The molecule has 0 aromatic carbocycles. The molecule has 2 saturated heterocycles. The van der Waals surface area contributed by atoms with E-state index < -0.39 is 0 Å². The van der Waals surface area contributed by atoms with Crippen LogP contribution in [0.3, 0.4) is 0 Å². The monoisotopic (exact) mass is 665 g/mol. The van der Waals surface area contributed by atoms with Gasteiger partial charge in [-0.15, -0.1) is 0 Å². The predicted molar refractivity (Wildman–Crippen MR) is 184 cm³/mol. The predicted octanol–water partition coefficient (Wildman–Crippen LogP) is 6.57. The maximum atomic E-state index is 12.6. The number of ether oxygens (including phenoxy) is 3. The summed E-state index contributed by atoms with van der Waals surface area (Å²) in [7, 11) is 0. The number of imidazole rings is 1. The van der Waals surface area contributed by atoms with Crippen LogP contribution in [-0.2, 0) is 25.4 Å². The van der Waals surface area contributed by atoms with E-state index in [1.165, 1.54) is 38.5 Å². The Balaban J connectivity index is 0.905. The highest BCUT2D eigenvalue weighted by Crippen LogP contribution is 2.89. The van der Waals surface area contributed by atoms with Crippen LogP contribution in [0.15, 0.2) is 12.5 Å². The number of aromatic nitrogens is 2. The van der Waals surface area contributed by atoms with Crippen molar-refractivity contribution in [3.8, 4) is 0 Å². The molecule has 7 aliphatic rings. The van der Waals surface area contributed by atoms with E-state index in [0.717, 1.165) is 51.0 Å². The van der Waals surface area contributed by atoms with Crippen molar-refractivity contribution in [2.45, 2.75) is 149 Å². The Hall–Kier alpha value is -1.32. The van der Waals surface area contributed by atoms with Gasteiger partial charge in [0, 0.05) is 49.8 Å². The Morgan fingerprint density at radius 2 is 1.88 bits per heavy atom. The second kappa shape index (κ2) is 11.9. The fraction of sp³-hybridized carbons (Fsp3) is 0.900. The van der Waals surface area contributed by atoms with Gasteiger partial charge < -0.3 is 24.3 Å². The number of carbonyl (C=O) groups is 1. The van der Waals surface area contributed by atoms with E-state index in [4.69, 9.17) is 14.2 Å². The average molecular weight is 666 g/mol. The number of morpholine rings is 1. The van der Waals surface area contributed by atoms with Crippen molar-refractivity contribution in [1.82, 2.24) is 14.9 Å². The highest BCUT2D eigenvalue weighted by molar-refractivity contribution is 5.78. The van der Waals surface area contributed by atoms with Gasteiger partial charge >= 0.3 is 0 Å². The van der Waals surface area contributed by atoms with Gasteiger partial charge in [-0.1, -0.05) is 34.6 Å². The van der Waals surface area contributed by atoms with E-state index in [2.05, 4.69) is 56.4 Å². The minimum atomic E-state index is -0.370. The SMILES string of the molecule is CC1C[C@@H](C)[C@H]2C(O1)[C@H](O)[C@@]1(C)C3CC[C@H]4C(C)(C)C(O[C@H]5CN(CCC(=O)CCCc6cnc[nH]6)CCO5)CC[C@@]45C[C@@]35CC[C@]21C. The molecule has 2 aliphatic heterocycles. The molecular weight excluding hydrogens is 602 g/mol. The minimum Gasteiger partial charge on any atom is -0.390 e. The molecule has 2 N–H and O–H groups in total. The number of aromatic amines is 1. The number of rotatable bonds is 9. The summed E-state index contributed by atoms with van der Waals surface area (Å²) in [5.41, 5.74) is 1.95. The Morgan fingerprint density at radius 3 is 2.67 bits per heavy atom. The Morgan fingerprint density at radius 1 is 1.08 bits per heavy atom. The summed E-state index contributed by atoms with van der Waals surface area (Å²) in [4.78, 5) is 22.2. The van der Waals surface area contributed by atoms with Gasteiger partial charge in [-0.25, -0.2) is 4.98 Å². The van der Waals surface area contributed by atoms with Crippen molar-refractivity contribution < 1.29 is 24.1 Å². The topological polar surface area (TPSA) is 96.9 Å². The number of Topliss-reactive ketones (excluding diaryl/α,β-unsaturated/α-hetero) is 1. The van der Waals surface area contributed by atoms with E-state index in [1.54, 1.807) is 6.33 Å². The average Bonchev–Trinajstić information content (AvgIpc) is 3.31. The zero-order valence-electron chi connectivity index (χ0n) is 30.6. The second-order valence-electron chi connectivity index (χ2n) is 18.8. The summed E-state index contributed by atoms with van der Waals surface area (Å²) in [5.74, 6) is 2.61. The van der Waals surface area contributed by atoms with E-state index >= 15 is 0 Å². The number of aryl methyl sites for hydroxylation is 1. The standard InChI is InChI=1S/C40H63N3O5/c1-25-20-26(2)47-34-33(25)37(5)15-16-40-23-39(40)14-12-31(36(3,4)29(39)10-11-30(40)38(37,6)35(34)45)48-32-22-43(18-19-46-32)17-13-28(44)9-7-8-27-21-41-24-42-27/h21,24-26,29-35,45H,7-20,22-23H2,1-6H3,(H,41,42)/t25-,26?,29+,30?,31?,32+,33+,34?,35+,37-,38-,39-,40+/m1/s1. The fourth-order valence-electron chi connectivity index (χ4n) is 14.2. The zero-order valence-corrected chi connectivity index (χ0v) is 30.6. The van der Waals surface area contributed by atoms with Crippen molar-refractivity contribution in [3.05, 3.63) is 18.2 Å². The van der Waals surface area contributed by atoms with Crippen LogP contribution < -0.4 is 0 Å². The van der Waals surface area contributed by atoms with E-state index in [0.29, 0.717) is 59.7 Å². The third kappa shape index (κ3) is 4.84. The minimum absolute atomic E-state index is 0.0115. The van der Waals surface area contributed by atoms with Gasteiger partial charge in [0.1, 0.15) is 5.78 Å². The van der Waals surface area contributed by atoms with Crippen molar-refractivity contribution in [2.24, 2.45) is 50.7 Å². The number of H-pyrrole nitrogens is 1. The molecule has 7 fully saturated rings. The third-order valence-corrected chi connectivity index (χ3v) is 16.5. The zero-order chi connectivity index (χ0) is 33.7. The van der Waals surface area contributed by atoms with Crippen LogP contribution in [0.2, 0.25) is 0 Å². The molecule has 13 atom stereocenters. The van der Waals surface area contributed by atoms with Gasteiger partial charge in [0.15, 0.2) is 6.29 Å². The van der Waals surface area contributed by atoms with Crippen LogP contribution in [0.4, 0.5) is 0 Å². The summed E-state index contributed by atoms with van der Waals surface area (Å²) in [6.07, 6.45) is 16.1. The van der Waals surface area contributed by atoms with Gasteiger partial charge in [0.05, 0.1) is 37.4 Å². The number of hydrogen-bond donors (Lipinski definition) is 2. The summed E-state index contributed by atoms with van der Waals surface area (Å²) in [6, 6.07) is 0. The quantitative estimate of drug-likeness (QED) is 0.308. The first kappa shape index (κ1) is 33.8. The van der Waals surface area contributed by atoms with Crippen molar-refractivity contribution in [2.75, 3.05) is 26.2 Å². The molecule has 268 valence electrons. The molecule has 8 heteroatoms. The number of aliphatic hydroxyl groups is 1. The highest BCUT2D eigenvalue weighted by Gasteiger charge is 2.84. The number of nitrogens with zero attached hydrogens (tertiary/aromatic N) is 2. The molecule has 0 amide bonds. The highest BCUT2D eigenvalue weighted by atomic mass is 16.7. The number of fused-ring (bicyclic) bond motifs is 4. The van der Waals surface area contributed by atoms with Gasteiger partial charge in [0.2, 0.25) is 0 Å². The molecule has 0 radical (unpaired) electrons. The molecule has 5 aliphatic carbocycles. The first-order chi connectivity index (χ1) is 22.9. The van der Waals surface area contributed by atoms with Gasteiger partial charge in [-0.05, 0) is 116 Å². The molecule has 0 bridgehead atoms. The lowest BCUT2D eigenvalue weighted by Gasteiger charge is -2.64. The lowest BCUT2D eigenvalue weighted by Crippen LogP contribution is -2.60. The lowest BCUT2D eigenvalue weighted by atomic mass is 9.41. The number of nitrogens with one attached hydrogen (secondary N) is 1. The Kier molecular flexibility index (Phi) is 8.35. The molecular formula is C40H63N3O5. The van der Waals surface area contributed by atoms with E-state index in [1.807, 2.05) is 6.20 Å². The van der Waals surface area contributed by atoms with Crippen LogP contribution in [0.1, 0.15) is 118 Å². The van der Waals surface area contributed by atoms with Crippen LogP contribution in [0.25, 0.3) is 0 Å². The van der Waals surface area contributed by atoms with Crippen LogP contribution in [0, 0.1) is 50.7 Å². The molecule has 1 aromatic heterocycles. The molecule has 3 heterocycles. The molecule has 5 saturated carbocycles. The van der Waals surface area contributed by atoms with Gasteiger partial charge in [0.25, 0.3) is 0 Å². The Bertz CT molecular complexity index is 1350. The number of hydrogen-bond acceptors (Lipinski definition) is 7. The molecule has 1 aromatic rings. The largest absolute Gasteiger partial charge is 0.390 e. The smallest absolute Gasteiger partial charge is 0.170 e. The molecule has 8 rings (SSSR count). The van der Waals surface area contributed by atoms with E-state index in [-0.39, 0.29) is 47.0 Å². The van der Waals surface area contributed by atoms with Crippen LogP contribution in [0.5, 0.6) is 0 Å². The van der Waals surface area contributed by atoms with Crippen molar-refractivity contribution in [1.29, 1.82) is 0 Å². The van der Waals surface area contributed by atoms with Gasteiger partial charge in [-0.3, -0.25) is 9.69 Å². The van der Waals surface area contributed by atoms with E-state index in [9.17, 15) is 9.90 Å². The first-order valence-corrected chi connectivity index (χ1v) is 19.7. The normalized spacial score (nSPS) is 49.3. The lowest BCUT2D eigenvalue weighted by molar-refractivity contribution is -0.248. The summed E-state index contributed by atoms with van der Waals surface area (Å²) >= 11 is 0. The molecule has 4 unspecified atom stereocenters. The fourth-order valence-corrected chi connectivity index (χ4v) is 14.2. The summed E-state index contributed by atoms with van der Waals surface area (Å²) in [6.45, 7) is 17.7. The summed E-state index contributed by atoms with van der Waals surface area (Å²) < 4.78 is 19.8. The molecule has 48 heavy (non-hydrogen) atoms. The maximum absolute atomic E-state index is 12.6. The first-order valence-electron chi connectivity index (χ1n) is 19.7. The molecule has 8 nitrogen and oxygen atoms in total. The third-order valence-electron chi connectivity index (χ3n) is 16.5. The summed E-state index contributed by atoms with van der Waals surface area (Å²) in [5, 5.41) is 12.3. The van der Waals surface area contributed by atoms with Crippen molar-refractivity contribution >= 4 is 5.78 Å².